The molecule has 1 heterocycles. The number of rotatable bonds is 5. The molecule has 0 N–H and O–H groups in total. The summed E-state index contributed by atoms with van der Waals surface area (Å²) in [5.74, 6) is 0. The third kappa shape index (κ3) is 3.10. The van der Waals surface area contributed by atoms with Crippen LogP contribution in [0.3, 0.4) is 0 Å². The van der Waals surface area contributed by atoms with E-state index >= 15 is 0 Å². The average molecular weight is 349 g/mol. The fraction of sp³-hybridized carbons (Fsp3) is 0.105. The number of nitro groups is 1. The number of para-hydroxylation sites is 2. The van der Waals surface area contributed by atoms with Gasteiger partial charge >= 0.3 is 0 Å². The third-order valence-electron chi connectivity index (χ3n) is 3.90. The van der Waals surface area contributed by atoms with Gasteiger partial charge in [-0.3, -0.25) is 10.1 Å². The first kappa shape index (κ1) is 16.7. The number of nitrogens with zero attached hydrogens (tertiary/aromatic N) is 3. The quantitative estimate of drug-likeness (QED) is 0.460. The van der Waals surface area contributed by atoms with Crippen LogP contribution in [0, 0.1) is 21.4 Å². The van der Waals surface area contributed by atoms with Crippen molar-refractivity contribution in [2.45, 2.75) is 6.92 Å². The van der Waals surface area contributed by atoms with Crippen molar-refractivity contribution < 1.29 is 4.92 Å². The monoisotopic (exact) mass is 349 g/mol. The van der Waals surface area contributed by atoms with Crippen molar-refractivity contribution in [1.29, 1.82) is 5.26 Å². The van der Waals surface area contributed by atoms with Crippen molar-refractivity contribution in [3.8, 4) is 17.2 Å². The Morgan fingerprint density at radius 1 is 1.16 bits per heavy atom. The van der Waals surface area contributed by atoms with E-state index in [9.17, 15) is 15.4 Å². The summed E-state index contributed by atoms with van der Waals surface area (Å²) in [7, 11) is 0. The van der Waals surface area contributed by atoms with E-state index in [1.165, 1.54) is 17.4 Å². The van der Waals surface area contributed by atoms with Crippen LogP contribution in [0.1, 0.15) is 12.5 Å². The molecule has 0 saturated carbocycles. The summed E-state index contributed by atoms with van der Waals surface area (Å²) in [5, 5.41) is 23.7. The van der Waals surface area contributed by atoms with Crippen LogP contribution in [0.25, 0.3) is 11.1 Å². The molecule has 0 unspecified atom stereocenters. The van der Waals surface area contributed by atoms with Gasteiger partial charge in [0.15, 0.2) is 0 Å². The molecule has 0 atom stereocenters. The second kappa shape index (κ2) is 7.16. The van der Waals surface area contributed by atoms with Crippen LogP contribution in [-0.2, 0) is 0 Å². The molecule has 5 nitrogen and oxygen atoms in total. The number of hydrogen-bond donors (Lipinski definition) is 0. The molecule has 124 valence electrons. The van der Waals surface area contributed by atoms with Crippen molar-refractivity contribution >= 4 is 27.7 Å². The molecular weight excluding hydrogens is 334 g/mol. The van der Waals surface area contributed by atoms with Crippen molar-refractivity contribution in [1.82, 2.24) is 0 Å². The Hall–Kier alpha value is -3.17. The molecule has 0 aliphatic rings. The van der Waals surface area contributed by atoms with Gasteiger partial charge in [-0.05, 0) is 18.6 Å². The van der Waals surface area contributed by atoms with E-state index in [0.29, 0.717) is 17.8 Å². The highest BCUT2D eigenvalue weighted by molar-refractivity contribution is 7.15. The highest BCUT2D eigenvalue weighted by Crippen LogP contribution is 2.42. The number of nitriles is 1. The molecule has 3 rings (SSSR count). The van der Waals surface area contributed by atoms with E-state index in [4.69, 9.17) is 0 Å². The van der Waals surface area contributed by atoms with Gasteiger partial charge in [0, 0.05) is 23.6 Å². The van der Waals surface area contributed by atoms with E-state index in [2.05, 4.69) is 6.07 Å². The normalized spacial score (nSPS) is 10.2. The zero-order valence-corrected chi connectivity index (χ0v) is 14.4. The molecular formula is C19H15N3O2S. The number of hydrogen-bond acceptors (Lipinski definition) is 5. The lowest BCUT2D eigenvalue weighted by Crippen LogP contribution is -2.17. The van der Waals surface area contributed by atoms with Gasteiger partial charge in [-0.15, -0.1) is 11.3 Å². The predicted octanol–water partition coefficient (Wildman–Crippen LogP) is 5.35. The SMILES string of the molecule is CCN(c1ccccc1[N+](=O)[O-])c1scc(-c2ccccc2)c1C#N. The van der Waals surface area contributed by atoms with Gasteiger partial charge in [0.2, 0.25) is 0 Å². The molecule has 0 saturated heterocycles. The van der Waals surface area contributed by atoms with Crippen molar-refractivity contribution in [3.05, 3.63) is 75.7 Å². The molecule has 0 aliphatic carbocycles. The largest absolute Gasteiger partial charge is 0.327 e. The Morgan fingerprint density at radius 2 is 1.84 bits per heavy atom. The van der Waals surface area contributed by atoms with Crippen LogP contribution in [0.2, 0.25) is 0 Å². The van der Waals surface area contributed by atoms with Crippen molar-refractivity contribution in [2.24, 2.45) is 0 Å². The maximum atomic E-state index is 11.4. The lowest BCUT2D eigenvalue weighted by atomic mass is 10.0. The smallest absolute Gasteiger partial charge is 0.292 e. The summed E-state index contributed by atoms with van der Waals surface area (Å²) in [6, 6.07) is 18.6. The number of benzene rings is 2. The Bertz CT molecular complexity index is 945. The molecule has 25 heavy (non-hydrogen) atoms. The van der Waals surface area contributed by atoms with Crippen LogP contribution in [0.4, 0.5) is 16.4 Å². The molecule has 0 aliphatic heterocycles. The van der Waals surface area contributed by atoms with Crippen LogP contribution in [0.5, 0.6) is 0 Å². The van der Waals surface area contributed by atoms with E-state index < -0.39 is 4.92 Å². The van der Waals surface area contributed by atoms with Gasteiger partial charge in [-0.25, -0.2) is 0 Å². The van der Waals surface area contributed by atoms with Gasteiger partial charge in [0.05, 0.1) is 10.5 Å². The van der Waals surface area contributed by atoms with Gasteiger partial charge in [-0.2, -0.15) is 5.26 Å². The number of anilines is 2. The molecule has 1 aromatic heterocycles. The molecule has 0 spiro atoms. The molecule has 0 bridgehead atoms. The standard InChI is InChI=1S/C19H15N3O2S/c1-2-21(17-10-6-7-11-18(17)22(23)24)19-15(12-20)16(13-25-19)14-8-4-3-5-9-14/h3-11,13H,2H2,1H3. The Morgan fingerprint density at radius 3 is 2.48 bits per heavy atom. The van der Waals surface area contributed by atoms with E-state index in [1.54, 1.807) is 18.2 Å². The number of thiophene rings is 1. The maximum absolute atomic E-state index is 11.4. The summed E-state index contributed by atoms with van der Waals surface area (Å²) in [5.41, 5.74) is 2.87. The first-order valence-corrected chi connectivity index (χ1v) is 8.63. The summed E-state index contributed by atoms with van der Waals surface area (Å²) >= 11 is 1.42. The molecule has 2 aromatic carbocycles. The summed E-state index contributed by atoms with van der Waals surface area (Å²) in [6.07, 6.45) is 0. The highest BCUT2D eigenvalue weighted by atomic mass is 32.1. The predicted molar refractivity (Wildman–Crippen MR) is 100 cm³/mol. The first-order valence-electron chi connectivity index (χ1n) is 7.75. The van der Waals surface area contributed by atoms with Crippen LogP contribution < -0.4 is 4.90 Å². The second-order valence-corrected chi connectivity index (χ2v) is 6.16. The molecule has 0 amide bonds. The maximum Gasteiger partial charge on any atom is 0.292 e. The summed E-state index contributed by atoms with van der Waals surface area (Å²) in [4.78, 5) is 12.8. The third-order valence-corrected chi connectivity index (χ3v) is 4.90. The van der Waals surface area contributed by atoms with Crippen molar-refractivity contribution in [2.75, 3.05) is 11.4 Å². The van der Waals surface area contributed by atoms with Gasteiger partial charge in [0.25, 0.3) is 5.69 Å². The van der Waals surface area contributed by atoms with E-state index in [-0.39, 0.29) is 5.69 Å². The highest BCUT2D eigenvalue weighted by Gasteiger charge is 2.24. The van der Waals surface area contributed by atoms with Gasteiger partial charge < -0.3 is 4.90 Å². The average Bonchev–Trinajstić information content (AvgIpc) is 3.07. The fourth-order valence-electron chi connectivity index (χ4n) is 2.75. The van der Waals surface area contributed by atoms with Crippen molar-refractivity contribution in [3.63, 3.8) is 0 Å². The molecule has 6 heteroatoms. The Labute approximate surface area is 149 Å². The summed E-state index contributed by atoms with van der Waals surface area (Å²) in [6.45, 7) is 2.44. The lowest BCUT2D eigenvalue weighted by molar-refractivity contribution is -0.384. The molecule has 0 fully saturated rings. The van der Waals surface area contributed by atoms with Gasteiger partial charge in [-0.1, -0.05) is 42.5 Å². The Kier molecular flexibility index (Phi) is 4.78. The van der Waals surface area contributed by atoms with E-state index in [1.807, 2.05) is 47.5 Å². The number of nitro benzene ring substituents is 1. The first-order chi connectivity index (χ1) is 12.2. The molecule has 3 aromatic rings. The van der Waals surface area contributed by atoms with Crippen LogP contribution >= 0.6 is 11.3 Å². The van der Waals surface area contributed by atoms with E-state index in [0.717, 1.165) is 16.1 Å². The minimum absolute atomic E-state index is 0.0305. The topological polar surface area (TPSA) is 70.2 Å². The second-order valence-electron chi connectivity index (χ2n) is 5.30. The minimum Gasteiger partial charge on any atom is -0.327 e. The van der Waals surface area contributed by atoms with Crippen LogP contribution in [0.15, 0.2) is 60.0 Å². The summed E-state index contributed by atoms with van der Waals surface area (Å²) < 4.78 is 0. The molecule has 0 radical (unpaired) electrons. The zero-order valence-electron chi connectivity index (χ0n) is 13.5. The lowest BCUT2D eigenvalue weighted by Gasteiger charge is -2.21. The van der Waals surface area contributed by atoms with Crippen LogP contribution in [-0.4, -0.2) is 11.5 Å². The van der Waals surface area contributed by atoms with Gasteiger partial charge in [0.1, 0.15) is 16.8 Å². The minimum atomic E-state index is -0.393. The fourth-order valence-corrected chi connectivity index (χ4v) is 3.87. The zero-order chi connectivity index (χ0) is 17.8. The Balaban J connectivity index is 2.14.